The van der Waals surface area contributed by atoms with Crippen LogP contribution in [-0.2, 0) is 0 Å². The fraction of sp³-hybridized carbons (Fsp3) is 0.0588. The van der Waals surface area contributed by atoms with Gasteiger partial charge < -0.3 is 20.1 Å². The molecule has 1 aliphatic heterocycles. The van der Waals surface area contributed by atoms with E-state index in [1.165, 1.54) is 11.3 Å². The third-order valence-corrected chi connectivity index (χ3v) is 4.15. The number of aromatic nitrogens is 1. The lowest BCUT2D eigenvalue weighted by molar-refractivity contribution is 0.102. The molecule has 0 unspecified atom stereocenters. The molecule has 4 rings (SSSR count). The molecule has 1 aromatic heterocycles. The summed E-state index contributed by atoms with van der Waals surface area (Å²) in [5, 5.41) is 8.35. The van der Waals surface area contributed by atoms with Gasteiger partial charge in [-0.3, -0.25) is 4.79 Å². The summed E-state index contributed by atoms with van der Waals surface area (Å²) in [6.45, 7) is 0.202. The second-order valence-corrected chi connectivity index (χ2v) is 5.91. The molecule has 0 saturated carbocycles. The quantitative estimate of drug-likeness (QED) is 0.755. The highest BCUT2D eigenvalue weighted by Gasteiger charge is 2.16. The second kappa shape index (κ2) is 6.21. The minimum Gasteiger partial charge on any atom is -0.454 e. The van der Waals surface area contributed by atoms with Crippen molar-refractivity contribution in [1.82, 2.24) is 4.98 Å². The van der Waals surface area contributed by atoms with E-state index >= 15 is 0 Å². The SMILES string of the molecule is O=C(Nc1ccc2c(c1)OCO2)c1csc(Nc2ccccc2)n1. The molecular formula is C17H13N3O3S. The molecular weight excluding hydrogens is 326 g/mol. The van der Waals surface area contributed by atoms with Crippen LogP contribution in [0, 0.1) is 0 Å². The van der Waals surface area contributed by atoms with Crippen molar-refractivity contribution in [3.8, 4) is 11.5 Å². The van der Waals surface area contributed by atoms with E-state index in [0.29, 0.717) is 28.0 Å². The van der Waals surface area contributed by atoms with Crippen molar-refractivity contribution in [2.24, 2.45) is 0 Å². The molecule has 3 aromatic rings. The molecule has 2 heterocycles. The van der Waals surface area contributed by atoms with Crippen LogP contribution in [0.15, 0.2) is 53.9 Å². The number of hydrogen-bond acceptors (Lipinski definition) is 6. The molecule has 0 fully saturated rings. The Morgan fingerprint density at radius 1 is 1.04 bits per heavy atom. The van der Waals surface area contributed by atoms with Crippen LogP contribution >= 0.6 is 11.3 Å². The summed E-state index contributed by atoms with van der Waals surface area (Å²) < 4.78 is 10.5. The molecule has 7 heteroatoms. The van der Waals surface area contributed by atoms with E-state index in [1.54, 1.807) is 23.6 Å². The van der Waals surface area contributed by atoms with E-state index < -0.39 is 0 Å². The number of anilines is 3. The van der Waals surface area contributed by atoms with E-state index in [1.807, 2.05) is 30.3 Å². The third kappa shape index (κ3) is 3.02. The molecule has 0 saturated heterocycles. The molecule has 2 N–H and O–H groups in total. The normalized spacial score (nSPS) is 12.0. The zero-order valence-corrected chi connectivity index (χ0v) is 13.3. The van der Waals surface area contributed by atoms with Crippen molar-refractivity contribution >= 4 is 33.8 Å². The van der Waals surface area contributed by atoms with Crippen molar-refractivity contribution in [3.05, 3.63) is 59.6 Å². The smallest absolute Gasteiger partial charge is 0.275 e. The van der Waals surface area contributed by atoms with Crippen LogP contribution in [0.3, 0.4) is 0 Å². The number of nitrogens with one attached hydrogen (secondary N) is 2. The number of carbonyl (C=O) groups is 1. The van der Waals surface area contributed by atoms with Gasteiger partial charge in [-0.15, -0.1) is 11.3 Å². The van der Waals surface area contributed by atoms with Crippen molar-refractivity contribution in [2.45, 2.75) is 0 Å². The highest BCUT2D eigenvalue weighted by atomic mass is 32.1. The minimum absolute atomic E-state index is 0.202. The molecule has 2 aromatic carbocycles. The predicted octanol–water partition coefficient (Wildman–Crippen LogP) is 3.87. The average molecular weight is 339 g/mol. The standard InChI is InChI=1S/C17H13N3O3S/c21-16(18-12-6-7-14-15(8-12)23-10-22-14)13-9-24-17(20-13)19-11-4-2-1-3-5-11/h1-9H,10H2,(H,18,21)(H,19,20). The number of carbonyl (C=O) groups excluding carboxylic acids is 1. The molecule has 0 bridgehead atoms. The minimum atomic E-state index is -0.272. The number of amides is 1. The maximum atomic E-state index is 12.3. The van der Waals surface area contributed by atoms with Crippen LogP contribution in [0.1, 0.15) is 10.5 Å². The first-order valence-corrected chi connectivity index (χ1v) is 8.14. The Hall–Kier alpha value is -3.06. The number of hydrogen-bond donors (Lipinski definition) is 2. The summed E-state index contributed by atoms with van der Waals surface area (Å²) in [5.41, 5.74) is 1.92. The summed E-state index contributed by atoms with van der Waals surface area (Å²) in [7, 11) is 0. The average Bonchev–Trinajstić information content (AvgIpc) is 3.24. The summed E-state index contributed by atoms with van der Waals surface area (Å²) in [6, 6.07) is 14.9. The first kappa shape index (κ1) is 14.5. The lowest BCUT2D eigenvalue weighted by Crippen LogP contribution is -2.12. The second-order valence-electron chi connectivity index (χ2n) is 5.05. The van der Waals surface area contributed by atoms with Gasteiger partial charge in [0.05, 0.1) is 0 Å². The lowest BCUT2D eigenvalue weighted by atomic mass is 10.2. The molecule has 6 nitrogen and oxygen atoms in total. The third-order valence-electron chi connectivity index (χ3n) is 3.39. The highest BCUT2D eigenvalue weighted by molar-refractivity contribution is 7.14. The van der Waals surface area contributed by atoms with Crippen molar-refractivity contribution in [3.63, 3.8) is 0 Å². The van der Waals surface area contributed by atoms with Gasteiger partial charge in [0.2, 0.25) is 6.79 Å². The van der Waals surface area contributed by atoms with E-state index in [0.717, 1.165) is 5.69 Å². The van der Waals surface area contributed by atoms with Gasteiger partial charge in [-0.1, -0.05) is 18.2 Å². The Morgan fingerprint density at radius 3 is 2.75 bits per heavy atom. The molecule has 120 valence electrons. The number of ether oxygens (including phenoxy) is 2. The van der Waals surface area contributed by atoms with E-state index in [9.17, 15) is 4.79 Å². The predicted molar refractivity (Wildman–Crippen MR) is 92.4 cm³/mol. The Labute approximate surface area is 142 Å². The molecule has 24 heavy (non-hydrogen) atoms. The van der Waals surface area contributed by atoms with Gasteiger partial charge in [0, 0.05) is 22.8 Å². The first-order valence-electron chi connectivity index (χ1n) is 7.26. The van der Waals surface area contributed by atoms with Crippen LogP contribution < -0.4 is 20.1 Å². The summed E-state index contributed by atoms with van der Waals surface area (Å²) >= 11 is 1.38. The first-order chi connectivity index (χ1) is 11.8. The maximum absolute atomic E-state index is 12.3. The zero-order chi connectivity index (χ0) is 16.4. The molecule has 1 aliphatic rings. The summed E-state index contributed by atoms with van der Waals surface area (Å²) in [5.74, 6) is 1.03. The van der Waals surface area contributed by atoms with Gasteiger partial charge in [0.25, 0.3) is 5.91 Å². The van der Waals surface area contributed by atoms with Gasteiger partial charge in [-0.05, 0) is 24.3 Å². The zero-order valence-electron chi connectivity index (χ0n) is 12.5. The monoisotopic (exact) mass is 339 g/mol. The van der Waals surface area contributed by atoms with Gasteiger partial charge in [-0.25, -0.2) is 4.98 Å². The molecule has 0 atom stereocenters. The van der Waals surface area contributed by atoms with E-state index in [2.05, 4.69) is 15.6 Å². The molecule has 1 amide bonds. The Morgan fingerprint density at radius 2 is 1.88 bits per heavy atom. The molecule has 0 aliphatic carbocycles. The Bertz CT molecular complexity index is 880. The van der Waals surface area contributed by atoms with Crippen LogP contribution in [0.5, 0.6) is 11.5 Å². The number of para-hydroxylation sites is 1. The number of thiazole rings is 1. The van der Waals surface area contributed by atoms with Crippen molar-refractivity contribution < 1.29 is 14.3 Å². The van der Waals surface area contributed by atoms with Gasteiger partial charge in [0.15, 0.2) is 16.6 Å². The highest BCUT2D eigenvalue weighted by Crippen LogP contribution is 2.34. The van der Waals surface area contributed by atoms with Crippen LogP contribution in [0.2, 0.25) is 0 Å². The summed E-state index contributed by atoms with van der Waals surface area (Å²) in [6.07, 6.45) is 0. The van der Waals surface area contributed by atoms with Gasteiger partial charge in [-0.2, -0.15) is 0 Å². The molecule has 0 radical (unpaired) electrons. The van der Waals surface area contributed by atoms with Crippen LogP contribution in [0.4, 0.5) is 16.5 Å². The maximum Gasteiger partial charge on any atom is 0.275 e. The van der Waals surface area contributed by atoms with Gasteiger partial charge in [0.1, 0.15) is 5.69 Å². The Kier molecular flexibility index (Phi) is 3.76. The fourth-order valence-corrected chi connectivity index (χ4v) is 2.96. The number of fused-ring (bicyclic) bond motifs is 1. The Balaban J connectivity index is 1.45. The number of nitrogens with zero attached hydrogens (tertiary/aromatic N) is 1. The van der Waals surface area contributed by atoms with Crippen molar-refractivity contribution in [1.29, 1.82) is 0 Å². The topological polar surface area (TPSA) is 72.5 Å². The van der Waals surface area contributed by atoms with Crippen LogP contribution in [0.25, 0.3) is 0 Å². The van der Waals surface area contributed by atoms with E-state index in [-0.39, 0.29) is 12.7 Å². The largest absolute Gasteiger partial charge is 0.454 e. The van der Waals surface area contributed by atoms with E-state index in [4.69, 9.17) is 9.47 Å². The van der Waals surface area contributed by atoms with Crippen molar-refractivity contribution in [2.75, 3.05) is 17.4 Å². The lowest BCUT2D eigenvalue weighted by Gasteiger charge is -2.04. The fourth-order valence-electron chi connectivity index (χ4n) is 2.25. The number of benzene rings is 2. The van der Waals surface area contributed by atoms with Crippen LogP contribution in [-0.4, -0.2) is 17.7 Å². The molecule has 0 spiro atoms. The summed E-state index contributed by atoms with van der Waals surface area (Å²) in [4.78, 5) is 16.6. The van der Waals surface area contributed by atoms with Gasteiger partial charge >= 0.3 is 0 Å². The number of rotatable bonds is 4.